The molecule has 4 aromatic carbocycles. The Kier molecular flexibility index (Phi) is 12.1. The SMILES string of the molecule is C[C@@H](Oc1ccccc1-c1cccc([N+](=O)[O-])c1)C1=NCCN1.O=C(O[C@H](C(=O)O)[C@H](OC(=O)c1ccccc1)C(=O)O)c1ccccc1. The van der Waals surface area contributed by atoms with E-state index >= 15 is 0 Å². The number of benzene rings is 4. The van der Waals surface area contributed by atoms with Crippen molar-refractivity contribution in [3.8, 4) is 16.9 Å². The van der Waals surface area contributed by atoms with Crippen LogP contribution in [0.3, 0.4) is 0 Å². The predicted molar refractivity (Wildman–Crippen MR) is 175 cm³/mol. The Balaban J connectivity index is 0.000000222. The van der Waals surface area contributed by atoms with Gasteiger partial charge in [0.05, 0.1) is 22.6 Å². The number of carboxylic acids is 2. The number of nitrogens with zero attached hydrogens (tertiary/aromatic N) is 2. The maximum Gasteiger partial charge on any atom is 0.349 e. The number of ether oxygens (including phenoxy) is 3. The van der Waals surface area contributed by atoms with Crippen molar-refractivity contribution in [3.05, 3.63) is 130 Å². The van der Waals surface area contributed by atoms with Gasteiger partial charge >= 0.3 is 23.9 Å². The maximum absolute atomic E-state index is 12.0. The molecule has 0 unspecified atom stereocenters. The lowest BCUT2D eigenvalue weighted by molar-refractivity contribution is -0.384. The Hall–Kier alpha value is -6.57. The number of carboxylic acid groups (broad SMARTS) is 2. The predicted octanol–water partition coefficient (Wildman–Crippen LogP) is 4.64. The Labute approximate surface area is 279 Å². The van der Waals surface area contributed by atoms with Crippen LogP contribution >= 0.6 is 0 Å². The van der Waals surface area contributed by atoms with E-state index in [1.165, 1.54) is 54.6 Å². The van der Waals surface area contributed by atoms with E-state index in [1.807, 2.05) is 37.3 Å². The van der Waals surface area contributed by atoms with Crippen LogP contribution in [0.25, 0.3) is 11.1 Å². The number of carbonyl (C=O) groups excluding carboxylic acids is 2. The Bertz CT molecular complexity index is 1760. The van der Waals surface area contributed by atoms with Gasteiger partial charge in [0, 0.05) is 24.2 Å². The van der Waals surface area contributed by atoms with Crippen molar-refractivity contribution < 1.29 is 48.5 Å². The third-order valence-electron chi connectivity index (χ3n) is 6.89. The number of esters is 2. The average molecular weight is 670 g/mol. The summed E-state index contributed by atoms with van der Waals surface area (Å²) in [4.78, 5) is 61.8. The highest BCUT2D eigenvalue weighted by Gasteiger charge is 2.41. The Morgan fingerprint density at radius 1 is 0.776 bits per heavy atom. The van der Waals surface area contributed by atoms with Crippen LogP contribution in [-0.4, -0.2) is 76.3 Å². The molecule has 1 aliphatic heterocycles. The summed E-state index contributed by atoms with van der Waals surface area (Å²) < 4.78 is 15.5. The van der Waals surface area contributed by atoms with E-state index in [4.69, 9.17) is 14.2 Å². The van der Waals surface area contributed by atoms with E-state index in [1.54, 1.807) is 24.3 Å². The van der Waals surface area contributed by atoms with Gasteiger partial charge in [0.2, 0.25) is 12.2 Å². The molecule has 3 atom stereocenters. The van der Waals surface area contributed by atoms with Crippen LogP contribution in [0, 0.1) is 10.1 Å². The zero-order valence-electron chi connectivity index (χ0n) is 26.0. The summed E-state index contributed by atoms with van der Waals surface area (Å²) in [5.41, 5.74) is 1.69. The molecule has 0 spiro atoms. The third-order valence-corrected chi connectivity index (χ3v) is 6.89. The molecule has 5 rings (SSSR count). The van der Waals surface area contributed by atoms with E-state index in [-0.39, 0.29) is 22.9 Å². The zero-order chi connectivity index (χ0) is 35.3. The number of aliphatic carboxylic acids is 2. The van der Waals surface area contributed by atoms with Gasteiger partial charge in [0.25, 0.3) is 5.69 Å². The van der Waals surface area contributed by atoms with E-state index in [2.05, 4.69) is 10.3 Å². The van der Waals surface area contributed by atoms with Gasteiger partial charge in [-0.05, 0) is 42.8 Å². The molecular formula is C35H31N3O11. The molecule has 3 N–H and O–H groups in total. The number of nitro groups is 1. The third kappa shape index (κ3) is 9.71. The van der Waals surface area contributed by atoms with Gasteiger partial charge in [-0.15, -0.1) is 0 Å². The monoisotopic (exact) mass is 669 g/mol. The maximum atomic E-state index is 12.0. The van der Waals surface area contributed by atoms with Gasteiger partial charge in [0.15, 0.2) is 6.10 Å². The van der Waals surface area contributed by atoms with Crippen LogP contribution < -0.4 is 10.1 Å². The number of amidine groups is 1. The van der Waals surface area contributed by atoms with Crippen molar-refractivity contribution in [1.82, 2.24) is 5.32 Å². The molecule has 0 aliphatic carbocycles. The van der Waals surface area contributed by atoms with Gasteiger partial charge in [-0.25, -0.2) is 19.2 Å². The molecule has 14 nitrogen and oxygen atoms in total. The van der Waals surface area contributed by atoms with Crippen molar-refractivity contribution >= 4 is 35.4 Å². The smallest absolute Gasteiger partial charge is 0.349 e. The number of aliphatic imine (C=N–C) groups is 1. The van der Waals surface area contributed by atoms with E-state index < -0.39 is 41.0 Å². The number of carbonyl (C=O) groups is 4. The van der Waals surface area contributed by atoms with Crippen LogP contribution in [0.15, 0.2) is 114 Å². The van der Waals surface area contributed by atoms with Crippen LogP contribution in [-0.2, 0) is 19.1 Å². The lowest BCUT2D eigenvalue weighted by atomic mass is 10.0. The summed E-state index contributed by atoms with van der Waals surface area (Å²) >= 11 is 0. The summed E-state index contributed by atoms with van der Waals surface area (Å²) in [7, 11) is 0. The van der Waals surface area contributed by atoms with Gasteiger partial charge in [-0.2, -0.15) is 0 Å². The van der Waals surface area contributed by atoms with Crippen molar-refractivity contribution in [2.45, 2.75) is 25.2 Å². The quantitative estimate of drug-likeness (QED) is 0.107. The fraction of sp³-hybridized carbons (Fsp3) is 0.171. The van der Waals surface area contributed by atoms with Gasteiger partial charge in [-0.1, -0.05) is 66.7 Å². The van der Waals surface area contributed by atoms with E-state index in [9.17, 15) is 39.5 Å². The average Bonchev–Trinajstić information content (AvgIpc) is 3.66. The van der Waals surface area contributed by atoms with Crippen LogP contribution in [0.5, 0.6) is 5.75 Å². The number of non-ortho nitro benzene ring substituents is 1. The normalized spacial score (nSPS) is 13.5. The molecule has 0 saturated heterocycles. The zero-order valence-corrected chi connectivity index (χ0v) is 26.0. The number of hydrogen-bond donors (Lipinski definition) is 3. The Morgan fingerprint density at radius 2 is 1.31 bits per heavy atom. The molecule has 1 aliphatic rings. The summed E-state index contributed by atoms with van der Waals surface area (Å²) in [5.74, 6) is -4.12. The van der Waals surface area contributed by atoms with Crippen LogP contribution in [0.1, 0.15) is 27.6 Å². The Morgan fingerprint density at radius 3 is 1.80 bits per heavy atom. The summed E-state index contributed by atoms with van der Waals surface area (Å²) in [5, 5.41) is 32.6. The van der Waals surface area contributed by atoms with Gasteiger partial charge < -0.3 is 29.7 Å². The number of para-hydroxylation sites is 1. The molecule has 49 heavy (non-hydrogen) atoms. The fourth-order valence-corrected chi connectivity index (χ4v) is 4.53. The first-order valence-corrected chi connectivity index (χ1v) is 14.8. The molecule has 1 heterocycles. The van der Waals surface area contributed by atoms with E-state index in [0.29, 0.717) is 5.75 Å². The van der Waals surface area contributed by atoms with Crippen molar-refractivity contribution in [3.63, 3.8) is 0 Å². The molecule has 14 heteroatoms. The lowest BCUT2D eigenvalue weighted by Crippen LogP contribution is -2.45. The summed E-state index contributed by atoms with van der Waals surface area (Å²) in [6.07, 6.45) is -4.63. The van der Waals surface area contributed by atoms with E-state index in [0.717, 1.165) is 30.1 Å². The van der Waals surface area contributed by atoms with Gasteiger partial charge in [0.1, 0.15) is 11.6 Å². The molecule has 4 aromatic rings. The second-order valence-electron chi connectivity index (χ2n) is 10.3. The molecule has 0 saturated carbocycles. The minimum absolute atomic E-state index is 0.0253. The fourth-order valence-electron chi connectivity index (χ4n) is 4.53. The molecule has 252 valence electrons. The minimum Gasteiger partial charge on any atom is -0.482 e. The second kappa shape index (κ2) is 16.8. The molecule has 0 aromatic heterocycles. The van der Waals surface area contributed by atoms with Crippen molar-refractivity contribution in [2.75, 3.05) is 13.1 Å². The molecule has 0 fully saturated rings. The highest BCUT2D eigenvalue weighted by molar-refractivity contribution is 5.95. The highest BCUT2D eigenvalue weighted by Crippen LogP contribution is 2.32. The molecular weight excluding hydrogens is 638 g/mol. The number of nitrogens with one attached hydrogen (secondary N) is 1. The summed E-state index contributed by atoms with van der Waals surface area (Å²) in [6, 6.07) is 28.9. The number of nitro benzene ring substituents is 1. The molecule has 0 amide bonds. The van der Waals surface area contributed by atoms with Gasteiger partial charge in [-0.3, -0.25) is 15.1 Å². The van der Waals surface area contributed by atoms with Crippen molar-refractivity contribution in [1.29, 1.82) is 0 Å². The first-order valence-electron chi connectivity index (χ1n) is 14.8. The second-order valence-corrected chi connectivity index (χ2v) is 10.3. The largest absolute Gasteiger partial charge is 0.482 e. The molecule has 0 radical (unpaired) electrons. The number of rotatable bonds is 12. The topological polar surface area (TPSA) is 204 Å². The highest BCUT2D eigenvalue weighted by atomic mass is 16.6. The van der Waals surface area contributed by atoms with Crippen molar-refractivity contribution in [2.24, 2.45) is 4.99 Å². The van der Waals surface area contributed by atoms with Crippen LogP contribution in [0.4, 0.5) is 5.69 Å². The lowest BCUT2D eigenvalue weighted by Gasteiger charge is -2.21. The number of hydrogen-bond acceptors (Lipinski definition) is 11. The first-order chi connectivity index (χ1) is 23.5. The minimum atomic E-state index is -2.21. The first kappa shape index (κ1) is 35.3. The molecule has 0 bridgehead atoms. The summed E-state index contributed by atoms with van der Waals surface area (Å²) in [6.45, 7) is 3.52. The van der Waals surface area contributed by atoms with Crippen LogP contribution in [0.2, 0.25) is 0 Å². The standard InChI is InChI=1S/C18H14O8.C17H17N3O3/c19-15(20)13(25-17(23)11-7-3-1-4-8-11)14(16(21)22)26-18(24)12-9-5-2-6-10-12;1-12(17-18-9-10-19-17)23-16-8-3-2-7-15(16)13-5-4-6-14(11-13)20(21)22/h1-10,13-14H,(H,19,20)(H,21,22);2-8,11-12H,9-10H2,1H3,(H,18,19)/t13-,14-;12-/m01/s1.